The van der Waals surface area contributed by atoms with Crippen LogP contribution in [0.2, 0.25) is 0 Å². The fraction of sp³-hybridized carbons (Fsp3) is 0.360. The third kappa shape index (κ3) is 5.13. The van der Waals surface area contributed by atoms with E-state index in [0.29, 0.717) is 12.3 Å². The summed E-state index contributed by atoms with van der Waals surface area (Å²) in [6.07, 6.45) is 5.41. The van der Waals surface area contributed by atoms with Crippen LogP contribution >= 0.6 is 11.8 Å². The first-order valence-electron chi connectivity index (χ1n) is 10.9. The lowest BCUT2D eigenvalue weighted by molar-refractivity contribution is -0.132. The Hall–Kier alpha value is -2.73. The maximum Gasteiger partial charge on any atom is 0.242 e. The number of aromatic nitrogens is 1. The summed E-state index contributed by atoms with van der Waals surface area (Å²) in [5, 5.41) is 4.09. The summed E-state index contributed by atoms with van der Waals surface area (Å²) in [7, 11) is 0. The fourth-order valence-electron chi connectivity index (χ4n) is 4.13. The number of carbonyl (C=O) groups excluding carboxylic acids is 2. The molecule has 0 spiro atoms. The Kier molecular flexibility index (Phi) is 6.66. The summed E-state index contributed by atoms with van der Waals surface area (Å²) in [5.74, 6) is 0.462. The zero-order valence-corrected chi connectivity index (χ0v) is 19.0. The van der Waals surface area contributed by atoms with Crippen LogP contribution < -0.4 is 5.32 Å². The fourth-order valence-corrected chi connectivity index (χ4v) is 5.02. The highest BCUT2D eigenvalue weighted by atomic mass is 32.2. The molecule has 0 unspecified atom stereocenters. The second-order valence-corrected chi connectivity index (χ2v) is 9.25. The first-order valence-corrected chi connectivity index (χ1v) is 11.9. The van der Waals surface area contributed by atoms with Crippen molar-refractivity contribution < 1.29 is 9.59 Å². The van der Waals surface area contributed by atoms with Gasteiger partial charge in [0.15, 0.2) is 0 Å². The van der Waals surface area contributed by atoms with E-state index < -0.39 is 0 Å². The van der Waals surface area contributed by atoms with Crippen molar-refractivity contribution >= 4 is 40.2 Å². The van der Waals surface area contributed by atoms with Crippen LogP contribution in [-0.4, -0.2) is 40.1 Å². The Labute approximate surface area is 187 Å². The van der Waals surface area contributed by atoms with Crippen LogP contribution in [0.5, 0.6) is 0 Å². The van der Waals surface area contributed by atoms with E-state index in [2.05, 4.69) is 17.4 Å². The molecule has 1 saturated heterocycles. The lowest BCUT2D eigenvalue weighted by Gasteiger charge is -2.27. The number of amides is 2. The molecule has 0 bridgehead atoms. The molecule has 0 atom stereocenters. The van der Waals surface area contributed by atoms with Gasteiger partial charge < -0.3 is 14.8 Å². The molecule has 3 aromatic rings. The summed E-state index contributed by atoms with van der Waals surface area (Å²) in [6.45, 7) is 6.11. The van der Waals surface area contributed by atoms with E-state index in [9.17, 15) is 9.59 Å². The van der Waals surface area contributed by atoms with Crippen molar-refractivity contribution in [3.8, 4) is 0 Å². The van der Waals surface area contributed by atoms with E-state index >= 15 is 0 Å². The van der Waals surface area contributed by atoms with Gasteiger partial charge in [0, 0.05) is 40.8 Å². The quantitative estimate of drug-likeness (QED) is 0.554. The van der Waals surface area contributed by atoms with E-state index in [1.807, 2.05) is 59.8 Å². The minimum atomic E-state index is -0.0295. The molecule has 2 aromatic carbocycles. The van der Waals surface area contributed by atoms with Crippen LogP contribution in [-0.2, 0) is 16.1 Å². The number of nitrogens with zero attached hydrogens (tertiary/aromatic N) is 2. The molecule has 2 amide bonds. The third-order valence-electron chi connectivity index (χ3n) is 5.78. The molecule has 4 rings (SSSR count). The number of aryl methyl sites for hydroxylation is 2. The van der Waals surface area contributed by atoms with Gasteiger partial charge in [0.2, 0.25) is 11.8 Å². The number of carbonyl (C=O) groups is 2. The summed E-state index contributed by atoms with van der Waals surface area (Å²) >= 11 is 1.51. The first-order chi connectivity index (χ1) is 15.0. The molecule has 1 N–H and O–H groups in total. The zero-order chi connectivity index (χ0) is 21.8. The van der Waals surface area contributed by atoms with Crippen molar-refractivity contribution in [3.63, 3.8) is 0 Å². The van der Waals surface area contributed by atoms with E-state index in [0.717, 1.165) is 53.0 Å². The molecule has 0 aliphatic carbocycles. The molecule has 1 aliphatic rings. The van der Waals surface area contributed by atoms with Gasteiger partial charge in [-0.2, -0.15) is 0 Å². The molecular formula is C25H29N3O2S. The lowest BCUT2D eigenvalue weighted by atomic mass is 10.1. The minimum Gasteiger partial charge on any atom is -0.341 e. The number of para-hydroxylation sites is 1. The van der Waals surface area contributed by atoms with E-state index in [1.54, 1.807) is 0 Å². The highest BCUT2D eigenvalue weighted by Gasteiger charge is 2.19. The van der Waals surface area contributed by atoms with Gasteiger partial charge in [0.25, 0.3) is 0 Å². The minimum absolute atomic E-state index is 0.0295. The monoisotopic (exact) mass is 435 g/mol. The summed E-state index contributed by atoms with van der Waals surface area (Å²) in [5.41, 5.74) is 4.12. The highest BCUT2D eigenvalue weighted by molar-refractivity contribution is 8.00. The van der Waals surface area contributed by atoms with Gasteiger partial charge in [0.05, 0.1) is 5.75 Å². The first kappa shape index (κ1) is 21.5. The third-order valence-corrected chi connectivity index (χ3v) is 6.82. The molecule has 0 saturated carbocycles. The van der Waals surface area contributed by atoms with Crippen molar-refractivity contribution in [2.45, 2.75) is 44.6 Å². The Morgan fingerprint density at radius 3 is 2.58 bits per heavy atom. The van der Waals surface area contributed by atoms with Crippen molar-refractivity contribution in [2.75, 3.05) is 24.2 Å². The average Bonchev–Trinajstić information content (AvgIpc) is 3.12. The molecule has 1 aliphatic heterocycles. The maximum absolute atomic E-state index is 12.8. The highest BCUT2D eigenvalue weighted by Crippen LogP contribution is 2.30. The normalized spacial score (nSPS) is 14.1. The van der Waals surface area contributed by atoms with Gasteiger partial charge in [-0.1, -0.05) is 35.9 Å². The molecule has 1 aromatic heterocycles. The van der Waals surface area contributed by atoms with Gasteiger partial charge in [-0.25, -0.2) is 0 Å². The maximum atomic E-state index is 12.8. The largest absolute Gasteiger partial charge is 0.341 e. The number of benzene rings is 2. The van der Waals surface area contributed by atoms with Gasteiger partial charge in [0.1, 0.15) is 6.54 Å². The number of piperidine rings is 1. The van der Waals surface area contributed by atoms with Gasteiger partial charge in [-0.05, 0) is 50.8 Å². The van der Waals surface area contributed by atoms with E-state index in [-0.39, 0.29) is 11.8 Å². The van der Waals surface area contributed by atoms with E-state index in [1.165, 1.54) is 23.7 Å². The van der Waals surface area contributed by atoms with Gasteiger partial charge in [-0.3, -0.25) is 9.59 Å². The second kappa shape index (κ2) is 9.60. The number of fused-ring (bicyclic) bond motifs is 1. The number of hydrogen-bond donors (Lipinski definition) is 1. The number of nitrogens with one attached hydrogen (secondary N) is 1. The van der Waals surface area contributed by atoms with Crippen LogP contribution in [0, 0.1) is 13.8 Å². The van der Waals surface area contributed by atoms with Crippen LogP contribution in [0.3, 0.4) is 0 Å². The van der Waals surface area contributed by atoms with Crippen molar-refractivity contribution in [3.05, 3.63) is 59.8 Å². The molecule has 5 nitrogen and oxygen atoms in total. The van der Waals surface area contributed by atoms with Crippen LogP contribution in [0.25, 0.3) is 10.9 Å². The van der Waals surface area contributed by atoms with Crippen LogP contribution in [0.4, 0.5) is 5.69 Å². The predicted molar refractivity (Wildman–Crippen MR) is 128 cm³/mol. The van der Waals surface area contributed by atoms with Crippen molar-refractivity contribution in [1.29, 1.82) is 0 Å². The number of likely N-dealkylation sites (tertiary alicyclic amines) is 1. The number of anilines is 1. The molecule has 31 heavy (non-hydrogen) atoms. The lowest BCUT2D eigenvalue weighted by Crippen LogP contribution is -2.37. The predicted octanol–water partition coefficient (Wildman–Crippen LogP) is 5.00. The molecule has 162 valence electrons. The molecule has 2 heterocycles. The standard InChI is InChI=1S/C25H29N3O2S/c1-18-10-11-21(19(2)14-18)26-24(29)17-31-23-15-28(22-9-5-4-8-20(22)23)16-25(30)27-12-6-3-7-13-27/h4-5,8-11,14-15H,3,6-7,12-13,16-17H2,1-2H3,(H,26,29). The summed E-state index contributed by atoms with van der Waals surface area (Å²) in [4.78, 5) is 28.3. The zero-order valence-electron chi connectivity index (χ0n) is 18.2. The van der Waals surface area contributed by atoms with Crippen molar-refractivity contribution in [2.24, 2.45) is 0 Å². The molecule has 6 heteroatoms. The summed E-state index contributed by atoms with van der Waals surface area (Å²) < 4.78 is 2.02. The Morgan fingerprint density at radius 2 is 1.81 bits per heavy atom. The van der Waals surface area contributed by atoms with Gasteiger partial charge >= 0.3 is 0 Å². The Bertz CT molecular complexity index is 1100. The number of hydrogen-bond acceptors (Lipinski definition) is 3. The van der Waals surface area contributed by atoms with Crippen LogP contribution in [0.15, 0.2) is 53.6 Å². The van der Waals surface area contributed by atoms with E-state index in [4.69, 9.17) is 0 Å². The number of thioether (sulfide) groups is 1. The topological polar surface area (TPSA) is 54.3 Å². The molecule has 0 radical (unpaired) electrons. The average molecular weight is 436 g/mol. The summed E-state index contributed by atoms with van der Waals surface area (Å²) in [6, 6.07) is 14.1. The Balaban J connectivity index is 1.45. The molecular weight excluding hydrogens is 406 g/mol. The van der Waals surface area contributed by atoms with Crippen LogP contribution in [0.1, 0.15) is 30.4 Å². The second-order valence-electron chi connectivity index (χ2n) is 8.24. The van der Waals surface area contributed by atoms with Gasteiger partial charge in [-0.15, -0.1) is 11.8 Å². The number of rotatable bonds is 6. The smallest absolute Gasteiger partial charge is 0.242 e. The Morgan fingerprint density at radius 1 is 1.03 bits per heavy atom. The van der Waals surface area contributed by atoms with Crippen molar-refractivity contribution in [1.82, 2.24) is 9.47 Å². The SMILES string of the molecule is Cc1ccc(NC(=O)CSc2cn(CC(=O)N3CCCCC3)c3ccccc23)c(C)c1. The molecule has 1 fully saturated rings.